The van der Waals surface area contributed by atoms with Crippen LogP contribution >= 0.6 is 0 Å². The van der Waals surface area contributed by atoms with E-state index >= 15 is 0 Å². The van der Waals surface area contributed by atoms with Crippen molar-refractivity contribution in [3.05, 3.63) is 18.1 Å². The molecular formula is C13H23N3O. The van der Waals surface area contributed by atoms with Gasteiger partial charge >= 0.3 is 0 Å². The predicted octanol–water partition coefficient (Wildman–Crippen LogP) is 2.37. The van der Waals surface area contributed by atoms with Crippen molar-refractivity contribution in [3.8, 4) is 5.88 Å². The van der Waals surface area contributed by atoms with E-state index in [1.165, 1.54) is 0 Å². The molecule has 0 spiro atoms. The lowest BCUT2D eigenvalue weighted by Gasteiger charge is -2.20. The van der Waals surface area contributed by atoms with Crippen LogP contribution in [0.2, 0.25) is 0 Å². The average Bonchev–Trinajstić information content (AvgIpc) is 2.35. The first-order chi connectivity index (χ1) is 8.19. The third-order valence-electron chi connectivity index (χ3n) is 2.86. The lowest BCUT2D eigenvalue weighted by Crippen LogP contribution is -2.31. The summed E-state index contributed by atoms with van der Waals surface area (Å²) in [7, 11) is 0. The Balaban J connectivity index is 2.66. The number of nitrogens with one attached hydrogen (secondary N) is 1. The summed E-state index contributed by atoms with van der Waals surface area (Å²) in [6.45, 7) is 10.1. The second-order valence-electron chi connectivity index (χ2n) is 4.25. The Kier molecular flexibility index (Phi) is 5.91. The van der Waals surface area contributed by atoms with Crippen LogP contribution in [0.15, 0.2) is 12.4 Å². The SMILES string of the molecule is CCCNC(C)C(C)c1cncc(OCC)n1. The first kappa shape index (κ1) is 13.9. The van der Waals surface area contributed by atoms with Crippen LogP contribution in [0, 0.1) is 0 Å². The number of hydrogen-bond acceptors (Lipinski definition) is 4. The van der Waals surface area contributed by atoms with Gasteiger partial charge in [-0.05, 0) is 26.8 Å². The molecular weight excluding hydrogens is 214 g/mol. The molecule has 0 fully saturated rings. The van der Waals surface area contributed by atoms with Crippen LogP contribution in [0.5, 0.6) is 5.88 Å². The topological polar surface area (TPSA) is 47.0 Å². The van der Waals surface area contributed by atoms with Crippen LogP contribution in [0.25, 0.3) is 0 Å². The van der Waals surface area contributed by atoms with Crippen molar-refractivity contribution in [2.45, 2.75) is 46.1 Å². The minimum Gasteiger partial charge on any atom is -0.477 e. The Labute approximate surface area is 104 Å². The van der Waals surface area contributed by atoms with Gasteiger partial charge in [0.05, 0.1) is 18.5 Å². The number of aromatic nitrogens is 2. The highest BCUT2D eigenvalue weighted by molar-refractivity contribution is 5.13. The van der Waals surface area contributed by atoms with Crippen molar-refractivity contribution in [1.82, 2.24) is 15.3 Å². The average molecular weight is 237 g/mol. The van der Waals surface area contributed by atoms with Crippen LogP contribution in [-0.2, 0) is 0 Å². The van der Waals surface area contributed by atoms with E-state index in [4.69, 9.17) is 4.74 Å². The summed E-state index contributed by atoms with van der Waals surface area (Å²) in [6.07, 6.45) is 4.61. The van der Waals surface area contributed by atoms with Gasteiger partial charge in [-0.15, -0.1) is 0 Å². The van der Waals surface area contributed by atoms with Crippen LogP contribution in [0.1, 0.15) is 45.7 Å². The first-order valence-electron chi connectivity index (χ1n) is 6.37. The minimum atomic E-state index is 0.328. The molecule has 2 atom stereocenters. The molecule has 0 aliphatic carbocycles. The molecule has 96 valence electrons. The van der Waals surface area contributed by atoms with E-state index in [0.29, 0.717) is 24.4 Å². The first-order valence-corrected chi connectivity index (χ1v) is 6.37. The zero-order valence-corrected chi connectivity index (χ0v) is 11.2. The fourth-order valence-electron chi connectivity index (χ4n) is 1.60. The second-order valence-corrected chi connectivity index (χ2v) is 4.25. The molecule has 17 heavy (non-hydrogen) atoms. The van der Waals surface area contributed by atoms with Gasteiger partial charge in [0.1, 0.15) is 0 Å². The van der Waals surface area contributed by atoms with Gasteiger partial charge in [0.15, 0.2) is 0 Å². The van der Waals surface area contributed by atoms with Gasteiger partial charge in [0.25, 0.3) is 0 Å². The molecule has 0 aliphatic heterocycles. The van der Waals surface area contributed by atoms with E-state index in [0.717, 1.165) is 18.7 Å². The highest BCUT2D eigenvalue weighted by atomic mass is 16.5. The maximum atomic E-state index is 5.36. The summed E-state index contributed by atoms with van der Waals surface area (Å²) in [5.41, 5.74) is 0.979. The third-order valence-corrected chi connectivity index (χ3v) is 2.86. The molecule has 1 N–H and O–H groups in total. The van der Waals surface area contributed by atoms with E-state index in [-0.39, 0.29) is 0 Å². The lowest BCUT2D eigenvalue weighted by molar-refractivity contribution is 0.322. The highest BCUT2D eigenvalue weighted by Crippen LogP contribution is 2.18. The Hall–Kier alpha value is -1.16. The quantitative estimate of drug-likeness (QED) is 0.791. The Bertz CT molecular complexity index is 330. The van der Waals surface area contributed by atoms with Crippen molar-refractivity contribution >= 4 is 0 Å². The van der Waals surface area contributed by atoms with Gasteiger partial charge in [-0.25, -0.2) is 4.98 Å². The van der Waals surface area contributed by atoms with Gasteiger partial charge in [0.2, 0.25) is 5.88 Å². The fourth-order valence-corrected chi connectivity index (χ4v) is 1.60. The predicted molar refractivity (Wildman–Crippen MR) is 69.4 cm³/mol. The number of hydrogen-bond donors (Lipinski definition) is 1. The number of nitrogens with zero attached hydrogens (tertiary/aromatic N) is 2. The van der Waals surface area contributed by atoms with Crippen molar-refractivity contribution in [1.29, 1.82) is 0 Å². The summed E-state index contributed by atoms with van der Waals surface area (Å²) < 4.78 is 5.36. The fraction of sp³-hybridized carbons (Fsp3) is 0.692. The van der Waals surface area contributed by atoms with E-state index in [1.807, 2.05) is 13.1 Å². The summed E-state index contributed by atoms with van der Waals surface area (Å²) in [4.78, 5) is 8.64. The zero-order valence-electron chi connectivity index (χ0n) is 11.2. The zero-order chi connectivity index (χ0) is 12.7. The molecule has 1 rings (SSSR count). The lowest BCUT2D eigenvalue weighted by atomic mass is 10.00. The van der Waals surface area contributed by atoms with Crippen LogP contribution in [0.4, 0.5) is 0 Å². The molecule has 4 nitrogen and oxygen atoms in total. The summed E-state index contributed by atoms with van der Waals surface area (Å²) >= 11 is 0. The third kappa shape index (κ3) is 4.30. The molecule has 0 saturated carbocycles. The molecule has 4 heteroatoms. The molecule has 2 unspecified atom stereocenters. The van der Waals surface area contributed by atoms with Gasteiger partial charge in [-0.2, -0.15) is 0 Å². The number of rotatable bonds is 7. The van der Waals surface area contributed by atoms with Crippen LogP contribution in [0.3, 0.4) is 0 Å². The molecule has 0 aromatic carbocycles. The smallest absolute Gasteiger partial charge is 0.232 e. The van der Waals surface area contributed by atoms with Crippen molar-refractivity contribution < 1.29 is 4.74 Å². The normalized spacial score (nSPS) is 14.4. The molecule has 0 aliphatic rings. The molecule has 0 bridgehead atoms. The highest BCUT2D eigenvalue weighted by Gasteiger charge is 2.15. The van der Waals surface area contributed by atoms with Gasteiger partial charge < -0.3 is 10.1 Å². The Morgan fingerprint density at radius 2 is 2.06 bits per heavy atom. The van der Waals surface area contributed by atoms with Crippen LogP contribution in [-0.4, -0.2) is 29.2 Å². The maximum absolute atomic E-state index is 5.36. The van der Waals surface area contributed by atoms with E-state index in [9.17, 15) is 0 Å². The van der Waals surface area contributed by atoms with Gasteiger partial charge in [-0.3, -0.25) is 4.98 Å². The van der Waals surface area contributed by atoms with Crippen molar-refractivity contribution in [3.63, 3.8) is 0 Å². The van der Waals surface area contributed by atoms with E-state index in [2.05, 4.69) is 36.1 Å². The maximum Gasteiger partial charge on any atom is 0.232 e. The molecule has 0 amide bonds. The largest absolute Gasteiger partial charge is 0.477 e. The summed E-state index contributed by atoms with van der Waals surface area (Å²) in [5, 5.41) is 3.47. The minimum absolute atomic E-state index is 0.328. The van der Waals surface area contributed by atoms with E-state index in [1.54, 1.807) is 6.20 Å². The molecule has 0 saturated heterocycles. The van der Waals surface area contributed by atoms with Crippen LogP contribution < -0.4 is 10.1 Å². The molecule has 1 heterocycles. The number of ether oxygens (including phenoxy) is 1. The van der Waals surface area contributed by atoms with Gasteiger partial charge in [-0.1, -0.05) is 13.8 Å². The Morgan fingerprint density at radius 1 is 1.29 bits per heavy atom. The summed E-state index contributed by atoms with van der Waals surface area (Å²) in [5.74, 6) is 0.939. The second kappa shape index (κ2) is 7.22. The summed E-state index contributed by atoms with van der Waals surface area (Å²) in [6, 6.07) is 0.390. The molecule has 1 aromatic rings. The molecule has 1 aromatic heterocycles. The Morgan fingerprint density at radius 3 is 2.71 bits per heavy atom. The van der Waals surface area contributed by atoms with E-state index < -0.39 is 0 Å². The molecule has 0 radical (unpaired) electrons. The van der Waals surface area contributed by atoms with Crippen molar-refractivity contribution in [2.75, 3.05) is 13.2 Å². The van der Waals surface area contributed by atoms with Crippen molar-refractivity contribution in [2.24, 2.45) is 0 Å². The monoisotopic (exact) mass is 237 g/mol. The standard InChI is InChI=1S/C13H23N3O/c1-5-7-15-11(4)10(3)12-8-14-9-13(16-12)17-6-2/h8-11,15H,5-7H2,1-4H3. The van der Waals surface area contributed by atoms with Gasteiger partial charge in [0, 0.05) is 18.2 Å².